The van der Waals surface area contributed by atoms with Gasteiger partial charge in [0.1, 0.15) is 0 Å². The number of benzene rings is 1. The molecule has 0 saturated carbocycles. The van der Waals surface area contributed by atoms with Crippen molar-refractivity contribution in [2.45, 2.75) is 20.0 Å². The number of ether oxygens (including phenoxy) is 1. The number of hydrogen-bond acceptors (Lipinski definition) is 4. The predicted octanol–water partition coefficient (Wildman–Crippen LogP) is 6.56. The summed E-state index contributed by atoms with van der Waals surface area (Å²) >= 11 is 20.5. The summed E-state index contributed by atoms with van der Waals surface area (Å²) in [5, 5.41) is 8.87. The number of halogens is 4. The Morgan fingerprint density at radius 3 is 2.36 bits per heavy atom. The van der Waals surface area contributed by atoms with Gasteiger partial charge in [0.05, 0.1) is 22.6 Å². The summed E-state index contributed by atoms with van der Waals surface area (Å²) in [7, 11) is 0. The van der Waals surface area contributed by atoms with E-state index in [9.17, 15) is 0 Å². The van der Waals surface area contributed by atoms with Crippen LogP contribution in [-0.4, -0.2) is 10.2 Å². The summed E-state index contributed by atoms with van der Waals surface area (Å²) in [6, 6.07) is 5.19. The van der Waals surface area contributed by atoms with Gasteiger partial charge in [-0.05, 0) is 53.6 Å². The zero-order valence-electron chi connectivity index (χ0n) is 11.5. The Labute approximate surface area is 158 Å². The Kier molecular flexibility index (Phi) is 6.92. The van der Waals surface area contributed by atoms with Gasteiger partial charge in [0.25, 0.3) is 0 Å². The largest absolute Gasteiger partial charge is 0.434 e. The lowest BCUT2D eigenvalue weighted by Gasteiger charge is -2.14. The molecule has 9 heteroatoms. The molecule has 0 fully saturated rings. The third-order valence-electron chi connectivity index (χ3n) is 2.76. The van der Waals surface area contributed by atoms with E-state index >= 15 is 0 Å². The average molecular weight is 491 g/mol. The normalized spacial score (nSPS) is 12.8. The third-order valence-corrected chi connectivity index (χ3v) is 4.82. The van der Waals surface area contributed by atoms with Crippen molar-refractivity contribution < 1.29 is 9.26 Å². The Hall–Kier alpha value is 0.0900. The first-order valence-electron chi connectivity index (χ1n) is 6.10. The molecule has 2 unspecified atom stereocenters. The van der Waals surface area contributed by atoms with Crippen LogP contribution in [0.15, 0.2) is 18.2 Å². The second kappa shape index (κ2) is 8.27. The fourth-order valence-electron chi connectivity index (χ4n) is 1.73. The fourth-order valence-corrected chi connectivity index (χ4v) is 4.05. The summed E-state index contributed by atoms with van der Waals surface area (Å²) < 4.78 is 11.2. The van der Waals surface area contributed by atoms with Crippen LogP contribution in [0.2, 0.25) is 15.2 Å². The van der Waals surface area contributed by atoms with Crippen molar-refractivity contribution in [1.82, 2.24) is 10.2 Å². The molecule has 1 heterocycles. The molecule has 0 saturated heterocycles. The lowest BCUT2D eigenvalue weighted by Crippen LogP contribution is -2.00. The van der Waals surface area contributed by atoms with Crippen LogP contribution in [0.3, 0.4) is 0 Å². The highest BCUT2D eigenvalue weighted by atomic mass is 127. The highest BCUT2D eigenvalue weighted by Gasteiger charge is 2.16. The molecule has 0 amide bonds. The van der Waals surface area contributed by atoms with Crippen LogP contribution in [0.25, 0.3) is 0 Å². The molecule has 4 nitrogen and oxygen atoms in total. The van der Waals surface area contributed by atoms with Gasteiger partial charge in [-0.15, -0.1) is 10.2 Å². The van der Waals surface area contributed by atoms with Gasteiger partial charge in [-0.1, -0.05) is 34.8 Å². The summed E-state index contributed by atoms with van der Waals surface area (Å²) in [5.74, 6) is 0.583. The van der Waals surface area contributed by atoms with E-state index in [1.165, 1.54) is 0 Å². The minimum absolute atomic E-state index is 0.218. The standard InChI is InChI=1S/C13H11Cl3IN2O2P/c1-6-3-9(14)12(10(15)4-6)20-11-5-8(7(2)21-22-17)13(16)19-18-11/h3-5,7,22H,1-2H3. The first kappa shape index (κ1) is 18.4. The molecule has 0 bridgehead atoms. The highest BCUT2D eigenvalue weighted by molar-refractivity contribution is 14.2. The Morgan fingerprint density at radius 2 is 1.77 bits per heavy atom. The zero-order chi connectivity index (χ0) is 16.3. The first-order valence-corrected chi connectivity index (χ1v) is 11.3. The van der Waals surface area contributed by atoms with Crippen molar-refractivity contribution in [2.75, 3.05) is 0 Å². The molecule has 2 atom stereocenters. The molecule has 1 aromatic heterocycles. The van der Waals surface area contributed by atoms with Crippen LogP contribution in [0.4, 0.5) is 0 Å². The number of nitrogens with zero attached hydrogens (tertiary/aromatic N) is 2. The molecule has 1 aromatic carbocycles. The maximum Gasteiger partial charge on any atom is 0.239 e. The zero-order valence-corrected chi connectivity index (χ0v) is 17.0. The van der Waals surface area contributed by atoms with Crippen molar-refractivity contribution in [1.29, 1.82) is 0 Å². The average Bonchev–Trinajstić information content (AvgIpc) is 2.44. The predicted molar refractivity (Wildman–Crippen MR) is 100 cm³/mol. The summed E-state index contributed by atoms with van der Waals surface area (Å²) in [5.41, 5.74) is 1.63. The minimum Gasteiger partial charge on any atom is -0.434 e. The quantitative estimate of drug-likeness (QED) is 0.351. The lowest BCUT2D eigenvalue weighted by molar-refractivity contribution is 0.267. The number of rotatable bonds is 5. The molecule has 0 radical (unpaired) electrons. The molecular weight excluding hydrogens is 480 g/mol. The number of hydrogen-bond donors (Lipinski definition) is 0. The van der Waals surface area contributed by atoms with E-state index in [-0.39, 0.29) is 17.1 Å². The molecule has 0 aliphatic carbocycles. The summed E-state index contributed by atoms with van der Waals surface area (Å²) in [6.45, 7) is 4.08. The maximum absolute atomic E-state index is 6.16. The van der Waals surface area contributed by atoms with Crippen LogP contribution >= 0.6 is 63.3 Å². The second-order valence-electron chi connectivity index (χ2n) is 4.43. The topological polar surface area (TPSA) is 44.2 Å². The molecule has 0 aliphatic rings. The van der Waals surface area contributed by atoms with Gasteiger partial charge in [-0.2, -0.15) is 0 Å². The van der Waals surface area contributed by atoms with Gasteiger partial charge in [0.15, 0.2) is 10.9 Å². The fraction of sp³-hybridized carbons (Fsp3) is 0.231. The van der Waals surface area contributed by atoms with E-state index in [4.69, 9.17) is 44.1 Å². The SMILES string of the molecule is Cc1cc(Cl)c(Oc2cc(C(C)OPI)c(Cl)nn2)c(Cl)c1. The van der Waals surface area contributed by atoms with E-state index in [0.717, 1.165) is 5.56 Å². The third kappa shape index (κ3) is 4.56. The van der Waals surface area contributed by atoms with Crippen LogP contribution < -0.4 is 4.74 Å². The molecular formula is C13H11Cl3IN2O2P. The van der Waals surface area contributed by atoms with Crippen molar-refractivity contribution in [3.8, 4) is 11.6 Å². The number of aromatic nitrogens is 2. The van der Waals surface area contributed by atoms with E-state index in [2.05, 4.69) is 32.2 Å². The first-order chi connectivity index (χ1) is 10.4. The van der Waals surface area contributed by atoms with E-state index < -0.39 is 0 Å². The Balaban J connectivity index is 2.33. The van der Waals surface area contributed by atoms with Crippen LogP contribution in [0.1, 0.15) is 24.2 Å². The van der Waals surface area contributed by atoms with Gasteiger partial charge in [-0.3, -0.25) is 0 Å². The Bertz CT molecular complexity index is 667. The molecule has 22 heavy (non-hydrogen) atoms. The smallest absolute Gasteiger partial charge is 0.239 e. The van der Waals surface area contributed by atoms with E-state index in [0.29, 0.717) is 27.8 Å². The molecule has 0 spiro atoms. The molecule has 0 aliphatic heterocycles. The molecule has 0 N–H and O–H groups in total. The van der Waals surface area contributed by atoms with Crippen LogP contribution in [0, 0.1) is 6.92 Å². The number of aryl methyl sites for hydroxylation is 1. The molecule has 2 rings (SSSR count). The molecule has 2 aromatic rings. The Morgan fingerprint density at radius 1 is 1.14 bits per heavy atom. The highest BCUT2D eigenvalue weighted by Crippen LogP contribution is 2.38. The van der Waals surface area contributed by atoms with E-state index in [1.54, 1.807) is 18.2 Å². The van der Waals surface area contributed by atoms with Gasteiger partial charge in [-0.25, -0.2) is 0 Å². The van der Waals surface area contributed by atoms with Crippen molar-refractivity contribution >= 4 is 63.3 Å². The van der Waals surface area contributed by atoms with Gasteiger partial charge in [0, 0.05) is 11.6 Å². The van der Waals surface area contributed by atoms with Gasteiger partial charge < -0.3 is 9.26 Å². The molecule has 118 valence electrons. The van der Waals surface area contributed by atoms with Crippen LogP contribution in [-0.2, 0) is 4.52 Å². The van der Waals surface area contributed by atoms with Crippen molar-refractivity contribution in [2.24, 2.45) is 0 Å². The monoisotopic (exact) mass is 490 g/mol. The van der Waals surface area contributed by atoms with Gasteiger partial charge >= 0.3 is 0 Å². The maximum atomic E-state index is 6.16. The minimum atomic E-state index is -0.218. The second-order valence-corrected chi connectivity index (χ2v) is 7.31. The van der Waals surface area contributed by atoms with E-state index in [1.807, 2.05) is 13.8 Å². The van der Waals surface area contributed by atoms with Crippen LogP contribution in [0.5, 0.6) is 11.6 Å². The summed E-state index contributed by atoms with van der Waals surface area (Å²) in [6.07, 6.45) is -0.218. The van der Waals surface area contributed by atoms with Crippen molar-refractivity contribution in [3.63, 3.8) is 0 Å². The van der Waals surface area contributed by atoms with Crippen molar-refractivity contribution in [3.05, 3.63) is 44.5 Å². The van der Waals surface area contributed by atoms with Gasteiger partial charge in [0.2, 0.25) is 5.88 Å². The summed E-state index contributed by atoms with van der Waals surface area (Å²) in [4.78, 5) is 0. The lowest BCUT2D eigenvalue weighted by atomic mass is 10.2.